The molecule has 19 heteroatoms. The lowest BCUT2D eigenvalue weighted by atomic mass is 10.1. The van der Waals surface area contributed by atoms with Crippen molar-refractivity contribution in [3.63, 3.8) is 0 Å². The van der Waals surface area contributed by atoms with Crippen molar-refractivity contribution < 1.29 is 43.8 Å². The molecule has 5 unspecified atom stereocenters. The van der Waals surface area contributed by atoms with E-state index >= 15 is 0 Å². The van der Waals surface area contributed by atoms with Crippen LogP contribution < -0.4 is 22.1 Å². The van der Waals surface area contributed by atoms with Crippen molar-refractivity contribution in [3.8, 4) is 0 Å². The molecule has 41 heavy (non-hydrogen) atoms. The number of rotatable bonds is 9. The zero-order chi connectivity index (χ0) is 28.8. The number of aliphatic hydroxyl groups is 3. The summed E-state index contributed by atoms with van der Waals surface area (Å²) < 4.78 is 31.7. The maximum atomic E-state index is 12.2. The van der Waals surface area contributed by atoms with Gasteiger partial charge in [-0.2, -0.15) is 0 Å². The van der Waals surface area contributed by atoms with E-state index in [0.717, 1.165) is 0 Å². The second-order valence-corrected chi connectivity index (χ2v) is 9.64. The van der Waals surface area contributed by atoms with Crippen LogP contribution in [0.4, 0.5) is 11.6 Å². The molecule has 0 spiro atoms. The molecule has 1 amide bonds. The summed E-state index contributed by atoms with van der Waals surface area (Å²) in [5.41, 5.74) is 12.5. The standard InChI is InChI=1S/C22H30N10O9/c1-37-15-12(34)9(41-21(15)32-6-28-11-18(32)29-22(24)30-19(11)36)3-38-7-39-14-8(2-33)40-20(13(14)35)31-5-27-10-16(23)25-4-26-17(10)31/h4-6,8-9,12-15,20-22,29,33-35H,2-3,7,24H2,1H3,(H,30,36)(H2,23,25,26)/t8-,9-,12?,13?,14?,15?,20-,21-,22?/m1/s1. The fraction of sp³-hybridized carbons (Fsp3) is 0.591. The van der Waals surface area contributed by atoms with E-state index in [4.69, 9.17) is 35.2 Å². The SMILES string of the molecule is COC1C(O)[C@@H](COCOC2C(O)[C@H](n3cnc4c(N)ncnc43)O[C@@H]2CO)O[C@H]1n1cnc2c1NC(N)NC2=O. The number of methoxy groups -OCH3 is 1. The molecule has 2 fully saturated rings. The number of nitrogens with two attached hydrogens (primary N) is 2. The van der Waals surface area contributed by atoms with Gasteiger partial charge in [0.1, 0.15) is 61.1 Å². The van der Waals surface area contributed by atoms with E-state index in [0.29, 0.717) is 17.0 Å². The van der Waals surface area contributed by atoms with Crippen LogP contribution in [0.25, 0.3) is 11.2 Å². The molecular formula is C22H30N10O9. The molecule has 0 saturated carbocycles. The number of hydrogen-bond acceptors (Lipinski definition) is 16. The zero-order valence-electron chi connectivity index (χ0n) is 21.7. The van der Waals surface area contributed by atoms with Gasteiger partial charge in [-0.15, -0.1) is 0 Å². The summed E-state index contributed by atoms with van der Waals surface area (Å²) in [5, 5.41) is 37.1. The van der Waals surface area contributed by atoms with Gasteiger partial charge >= 0.3 is 0 Å². The molecule has 3 aromatic rings. The second-order valence-electron chi connectivity index (χ2n) is 9.64. The van der Waals surface area contributed by atoms with Gasteiger partial charge in [-0.05, 0) is 0 Å². The van der Waals surface area contributed by atoms with E-state index < -0.39 is 67.9 Å². The summed E-state index contributed by atoms with van der Waals surface area (Å²) >= 11 is 0. The molecule has 0 bridgehead atoms. The summed E-state index contributed by atoms with van der Waals surface area (Å²) in [6.07, 6.45) is -4.41. The Morgan fingerprint density at radius 2 is 1.80 bits per heavy atom. The summed E-state index contributed by atoms with van der Waals surface area (Å²) in [7, 11) is 1.42. The van der Waals surface area contributed by atoms with Gasteiger partial charge in [0.2, 0.25) is 0 Å². The number of aromatic nitrogens is 6. The van der Waals surface area contributed by atoms with Crippen molar-refractivity contribution in [2.75, 3.05) is 38.2 Å². The van der Waals surface area contributed by atoms with Gasteiger partial charge in [-0.25, -0.2) is 19.9 Å². The first-order chi connectivity index (χ1) is 19.8. The van der Waals surface area contributed by atoms with Gasteiger partial charge in [-0.3, -0.25) is 19.7 Å². The first-order valence-corrected chi connectivity index (χ1v) is 12.6. The first-order valence-electron chi connectivity index (χ1n) is 12.6. The fourth-order valence-electron chi connectivity index (χ4n) is 5.24. The Morgan fingerprint density at radius 3 is 2.59 bits per heavy atom. The molecule has 6 heterocycles. The predicted octanol–water partition coefficient (Wildman–Crippen LogP) is -3.41. The Morgan fingerprint density at radius 1 is 1.02 bits per heavy atom. The minimum atomic E-state index is -1.22. The molecule has 0 radical (unpaired) electrons. The number of carbonyl (C=O) groups is 1. The maximum Gasteiger partial charge on any atom is 0.276 e. The summed E-state index contributed by atoms with van der Waals surface area (Å²) in [6, 6.07) is 0. The first kappa shape index (κ1) is 27.6. The van der Waals surface area contributed by atoms with Crippen molar-refractivity contribution >= 4 is 28.7 Å². The average Bonchev–Trinajstić information content (AvgIpc) is 3.71. The molecule has 3 aromatic heterocycles. The largest absolute Gasteiger partial charge is 0.394 e. The molecule has 2 saturated heterocycles. The smallest absolute Gasteiger partial charge is 0.276 e. The van der Waals surface area contributed by atoms with Crippen LogP contribution in [0, 0.1) is 0 Å². The van der Waals surface area contributed by atoms with Crippen LogP contribution in [-0.4, -0.2) is 120 Å². The lowest BCUT2D eigenvalue weighted by molar-refractivity contribution is -0.152. The van der Waals surface area contributed by atoms with Crippen molar-refractivity contribution in [3.05, 3.63) is 24.7 Å². The Labute approximate surface area is 231 Å². The van der Waals surface area contributed by atoms with Gasteiger partial charge in [0.25, 0.3) is 5.91 Å². The summed E-state index contributed by atoms with van der Waals surface area (Å²) in [4.78, 5) is 28.5. The molecule has 19 nitrogen and oxygen atoms in total. The Hall–Kier alpha value is -3.53. The minimum absolute atomic E-state index is 0.110. The predicted molar refractivity (Wildman–Crippen MR) is 134 cm³/mol. The number of nitrogens with one attached hydrogen (secondary N) is 2. The van der Waals surface area contributed by atoms with E-state index in [1.165, 1.54) is 35.2 Å². The third-order valence-corrected chi connectivity index (χ3v) is 7.22. The van der Waals surface area contributed by atoms with Crippen LogP contribution in [0.15, 0.2) is 19.0 Å². The van der Waals surface area contributed by atoms with Gasteiger partial charge < -0.3 is 55.4 Å². The number of amides is 1. The number of anilines is 2. The highest BCUT2D eigenvalue weighted by Crippen LogP contribution is 2.36. The number of carbonyl (C=O) groups excluding carboxylic acids is 1. The molecule has 9 N–H and O–H groups in total. The zero-order valence-corrected chi connectivity index (χ0v) is 21.7. The normalized spacial score (nSPS) is 33.2. The van der Waals surface area contributed by atoms with Crippen LogP contribution in [0.5, 0.6) is 0 Å². The number of ether oxygens (including phenoxy) is 5. The third kappa shape index (κ3) is 4.75. The fourth-order valence-corrected chi connectivity index (χ4v) is 5.24. The Bertz CT molecular complexity index is 1400. The number of hydrogen-bond donors (Lipinski definition) is 7. The van der Waals surface area contributed by atoms with Crippen LogP contribution >= 0.6 is 0 Å². The molecular weight excluding hydrogens is 548 g/mol. The summed E-state index contributed by atoms with van der Waals surface area (Å²) in [5.74, 6) is 0.0494. The van der Waals surface area contributed by atoms with Gasteiger partial charge in [-0.1, -0.05) is 0 Å². The topological polar surface area (TPSA) is 261 Å². The highest BCUT2D eigenvalue weighted by molar-refractivity contribution is 5.99. The Kier molecular flexibility index (Phi) is 7.44. The highest BCUT2D eigenvalue weighted by Gasteiger charge is 2.48. The molecule has 0 aliphatic carbocycles. The third-order valence-electron chi connectivity index (χ3n) is 7.22. The van der Waals surface area contributed by atoms with Crippen molar-refractivity contribution in [2.24, 2.45) is 5.73 Å². The number of aliphatic hydroxyl groups excluding tert-OH is 3. The number of nitrogen functional groups attached to an aromatic ring is 1. The van der Waals surface area contributed by atoms with E-state index in [2.05, 4.69) is 30.6 Å². The molecule has 0 aromatic carbocycles. The van der Waals surface area contributed by atoms with Gasteiger partial charge in [0.15, 0.2) is 35.9 Å². The van der Waals surface area contributed by atoms with Crippen LogP contribution in [0.2, 0.25) is 0 Å². The lowest BCUT2D eigenvalue weighted by Gasteiger charge is -2.26. The maximum absolute atomic E-state index is 12.2. The van der Waals surface area contributed by atoms with Gasteiger partial charge in [0.05, 0.1) is 25.9 Å². The monoisotopic (exact) mass is 578 g/mol. The average molecular weight is 579 g/mol. The minimum Gasteiger partial charge on any atom is -0.394 e. The van der Waals surface area contributed by atoms with E-state index in [1.807, 2.05) is 0 Å². The number of nitrogens with zero attached hydrogens (tertiary/aromatic N) is 6. The highest BCUT2D eigenvalue weighted by atomic mass is 16.7. The molecule has 6 rings (SSSR count). The number of imidazole rings is 2. The molecule has 9 atom stereocenters. The molecule has 3 aliphatic rings. The van der Waals surface area contributed by atoms with E-state index in [1.54, 1.807) is 0 Å². The molecule has 3 aliphatic heterocycles. The summed E-state index contributed by atoms with van der Waals surface area (Å²) in [6.45, 7) is -0.865. The van der Waals surface area contributed by atoms with E-state index in [-0.39, 0.29) is 24.9 Å². The van der Waals surface area contributed by atoms with Crippen molar-refractivity contribution in [1.82, 2.24) is 34.4 Å². The quantitative estimate of drug-likeness (QED) is 0.0963. The van der Waals surface area contributed by atoms with Crippen molar-refractivity contribution in [1.29, 1.82) is 0 Å². The van der Waals surface area contributed by atoms with Crippen LogP contribution in [0.1, 0.15) is 22.9 Å². The van der Waals surface area contributed by atoms with Crippen LogP contribution in [-0.2, 0) is 23.7 Å². The Balaban J connectivity index is 1.08. The molecule has 222 valence electrons. The lowest BCUT2D eigenvalue weighted by Crippen LogP contribution is -2.51. The van der Waals surface area contributed by atoms with Crippen LogP contribution in [0.3, 0.4) is 0 Å². The van der Waals surface area contributed by atoms with Gasteiger partial charge in [0, 0.05) is 7.11 Å². The number of fused-ring (bicyclic) bond motifs is 2. The second kappa shape index (κ2) is 11.0. The van der Waals surface area contributed by atoms with E-state index in [9.17, 15) is 20.1 Å². The van der Waals surface area contributed by atoms with Crippen molar-refractivity contribution in [2.45, 2.75) is 55.4 Å².